The van der Waals surface area contributed by atoms with E-state index in [0.717, 1.165) is 12.0 Å². The average Bonchev–Trinajstić information content (AvgIpc) is 3.37. The predicted molar refractivity (Wildman–Crippen MR) is 140 cm³/mol. The minimum atomic E-state index is -0.189. The van der Waals surface area contributed by atoms with Gasteiger partial charge in [0.15, 0.2) is 0 Å². The number of carbonyl (C=O) groups excluding carboxylic acids is 2. The smallest absolute Gasteiger partial charge is 0.223 e. The first-order chi connectivity index (χ1) is 17.5. The number of hydrogen-bond acceptors (Lipinski definition) is 4. The lowest BCUT2D eigenvalue weighted by Crippen LogP contribution is -2.48. The second-order valence-corrected chi connectivity index (χ2v) is 10.7. The van der Waals surface area contributed by atoms with E-state index in [1.165, 1.54) is 22.1 Å². The van der Waals surface area contributed by atoms with Crippen molar-refractivity contribution in [3.8, 4) is 0 Å². The van der Waals surface area contributed by atoms with Crippen LogP contribution < -0.4 is 0 Å². The number of piperazine rings is 1. The first-order valence-electron chi connectivity index (χ1n) is 12.7. The number of rotatable bonds is 6. The summed E-state index contributed by atoms with van der Waals surface area (Å²) >= 11 is 1.76. The van der Waals surface area contributed by atoms with Gasteiger partial charge in [0.2, 0.25) is 11.8 Å². The summed E-state index contributed by atoms with van der Waals surface area (Å²) in [6.45, 7) is 5.92. The maximum absolute atomic E-state index is 14.0. The fourth-order valence-corrected chi connectivity index (χ4v) is 6.23. The zero-order chi connectivity index (χ0) is 25.1. The lowest BCUT2D eigenvalue weighted by molar-refractivity contribution is -0.139. The minimum absolute atomic E-state index is 0.0224. The molecule has 2 aromatic carbocycles. The molecule has 3 aromatic rings. The van der Waals surface area contributed by atoms with Gasteiger partial charge in [-0.1, -0.05) is 48.0 Å². The van der Waals surface area contributed by atoms with Gasteiger partial charge in [-0.25, -0.2) is 4.39 Å². The lowest BCUT2D eigenvalue weighted by atomic mass is 9.92. The largest absolute Gasteiger partial charge is 0.340 e. The first kappa shape index (κ1) is 24.7. The SMILES string of the molecule is Cc1cccc(C2c3ccsc3CCN2C(=O)CCC(=O)N2CCN(Cc3ccccc3F)CC2)c1. The van der Waals surface area contributed by atoms with Crippen molar-refractivity contribution in [1.29, 1.82) is 0 Å². The monoisotopic (exact) mass is 505 g/mol. The van der Waals surface area contributed by atoms with Crippen molar-refractivity contribution >= 4 is 23.2 Å². The van der Waals surface area contributed by atoms with Gasteiger partial charge >= 0.3 is 0 Å². The van der Waals surface area contributed by atoms with Gasteiger partial charge in [0.1, 0.15) is 5.82 Å². The van der Waals surface area contributed by atoms with Crippen molar-refractivity contribution in [2.45, 2.75) is 38.8 Å². The third-order valence-electron chi connectivity index (χ3n) is 7.27. The van der Waals surface area contributed by atoms with Crippen LogP contribution in [0.4, 0.5) is 4.39 Å². The zero-order valence-corrected chi connectivity index (χ0v) is 21.5. The van der Waals surface area contributed by atoms with Crippen LogP contribution in [0.2, 0.25) is 0 Å². The molecule has 5 rings (SSSR count). The van der Waals surface area contributed by atoms with Gasteiger partial charge in [0, 0.05) is 62.6 Å². The Morgan fingerprint density at radius 2 is 1.72 bits per heavy atom. The van der Waals surface area contributed by atoms with E-state index in [1.807, 2.05) is 28.0 Å². The van der Waals surface area contributed by atoms with Crippen molar-refractivity contribution in [2.24, 2.45) is 0 Å². The van der Waals surface area contributed by atoms with Crippen LogP contribution in [0.5, 0.6) is 0 Å². The molecule has 0 radical (unpaired) electrons. The van der Waals surface area contributed by atoms with Crippen LogP contribution in [0.3, 0.4) is 0 Å². The molecule has 2 aliphatic heterocycles. The van der Waals surface area contributed by atoms with Gasteiger partial charge < -0.3 is 9.80 Å². The highest BCUT2D eigenvalue weighted by molar-refractivity contribution is 7.10. The summed E-state index contributed by atoms with van der Waals surface area (Å²) in [5.74, 6) is -0.134. The topological polar surface area (TPSA) is 43.9 Å². The number of hydrogen-bond donors (Lipinski definition) is 0. The highest BCUT2D eigenvalue weighted by Gasteiger charge is 2.33. The molecule has 188 valence electrons. The minimum Gasteiger partial charge on any atom is -0.340 e. The summed E-state index contributed by atoms with van der Waals surface area (Å²) in [5, 5.41) is 2.11. The van der Waals surface area contributed by atoms with Crippen molar-refractivity contribution in [2.75, 3.05) is 32.7 Å². The maximum atomic E-state index is 14.0. The Balaban J connectivity index is 1.17. The van der Waals surface area contributed by atoms with Gasteiger partial charge in [0.05, 0.1) is 6.04 Å². The van der Waals surface area contributed by atoms with Crippen LogP contribution in [-0.4, -0.2) is 59.2 Å². The number of benzene rings is 2. The van der Waals surface area contributed by atoms with Gasteiger partial charge in [-0.3, -0.25) is 14.5 Å². The Morgan fingerprint density at radius 3 is 2.50 bits per heavy atom. The van der Waals surface area contributed by atoms with Crippen LogP contribution >= 0.6 is 11.3 Å². The van der Waals surface area contributed by atoms with Crippen molar-refractivity contribution in [3.63, 3.8) is 0 Å². The molecule has 2 aliphatic rings. The van der Waals surface area contributed by atoms with Gasteiger partial charge in [0.25, 0.3) is 0 Å². The molecule has 0 N–H and O–H groups in total. The molecular weight excluding hydrogens is 473 g/mol. The summed E-state index contributed by atoms with van der Waals surface area (Å²) in [4.78, 5) is 33.6. The third-order valence-corrected chi connectivity index (χ3v) is 8.27. The Labute approximate surface area is 216 Å². The van der Waals surface area contributed by atoms with E-state index in [1.54, 1.807) is 17.4 Å². The summed E-state index contributed by atoms with van der Waals surface area (Å²) in [6.07, 6.45) is 1.30. The quantitative estimate of drug-likeness (QED) is 0.484. The normalized spacial score (nSPS) is 18.2. The molecule has 2 amide bonds. The first-order valence-corrected chi connectivity index (χ1v) is 13.5. The number of nitrogens with zero attached hydrogens (tertiary/aromatic N) is 3. The molecular formula is C29H32FN3O2S. The maximum Gasteiger partial charge on any atom is 0.223 e. The van der Waals surface area contributed by atoms with E-state index < -0.39 is 0 Å². The molecule has 0 aliphatic carbocycles. The number of fused-ring (bicyclic) bond motifs is 1. The predicted octanol–water partition coefficient (Wildman–Crippen LogP) is 4.79. The van der Waals surface area contributed by atoms with E-state index in [4.69, 9.17) is 0 Å². The summed E-state index contributed by atoms with van der Waals surface area (Å²) < 4.78 is 14.0. The number of amides is 2. The summed E-state index contributed by atoms with van der Waals surface area (Å²) in [7, 11) is 0. The Hall–Kier alpha value is -3.03. The fourth-order valence-electron chi connectivity index (χ4n) is 5.32. The van der Waals surface area contributed by atoms with Crippen LogP contribution in [0.25, 0.3) is 0 Å². The van der Waals surface area contributed by atoms with Gasteiger partial charge in [-0.2, -0.15) is 0 Å². The molecule has 1 unspecified atom stereocenters. The summed E-state index contributed by atoms with van der Waals surface area (Å²) in [6, 6.07) is 17.2. The second-order valence-electron chi connectivity index (χ2n) is 9.70. The molecule has 36 heavy (non-hydrogen) atoms. The molecule has 1 atom stereocenters. The molecule has 1 saturated heterocycles. The molecule has 5 nitrogen and oxygen atoms in total. The van der Waals surface area contributed by atoms with E-state index in [0.29, 0.717) is 44.8 Å². The van der Waals surface area contributed by atoms with Crippen LogP contribution in [0.1, 0.15) is 46.0 Å². The van der Waals surface area contributed by atoms with Crippen LogP contribution in [-0.2, 0) is 22.6 Å². The standard InChI is InChI=1S/C29H32FN3O2S/c1-21-5-4-7-22(19-21)29-24-12-18-36-26(24)11-13-33(29)28(35)10-9-27(34)32-16-14-31(15-17-32)20-23-6-2-3-8-25(23)30/h2-8,12,18-19,29H,9-11,13-17,20H2,1H3. The zero-order valence-electron chi connectivity index (χ0n) is 20.7. The van der Waals surface area contributed by atoms with Crippen molar-refractivity contribution in [3.05, 3.63) is 92.9 Å². The number of carbonyl (C=O) groups is 2. The van der Waals surface area contributed by atoms with E-state index in [9.17, 15) is 14.0 Å². The molecule has 0 bridgehead atoms. The Morgan fingerprint density at radius 1 is 0.944 bits per heavy atom. The third kappa shape index (κ3) is 5.37. The van der Waals surface area contributed by atoms with E-state index in [2.05, 4.69) is 41.5 Å². The number of aryl methyl sites for hydroxylation is 1. The van der Waals surface area contributed by atoms with E-state index in [-0.39, 0.29) is 36.5 Å². The highest BCUT2D eigenvalue weighted by Crippen LogP contribution is 2.38. The summed E-state index contributed by atoms with van der Waals surface area (Å²) in [5.41, 5.74) is 4.19. The lowest BCUT2D eigenvalue weighted by Gasteiger charge is -2.37. The highest BCUT2D eigenvalue weighted by atomic mass is 32.1. The molecule has 7 heteroatoms. The molecule has 1 aromatic heterocycles. The molecule has 3 heterocycles. The van der Waals surface area contributed by atoms with Crippen LogP contribution in [0.15, 0.2) is 60.0 Å². The van der Waals surface area contributed by atoms with Gasteiger partial charge in [-0.05, 0) is 42.0 Å². The van der Waals surface area contributed by atoms with Gasteiger partial charge in [-0.15, -0.1) is 11.3 Å². The van der Waals surface area contributed by atoms with E-state index >= 15 is 0 Å². The molecule has 0 spiro atoms. The van der Waals surface area contributed by atoms with Crippen LogP contribution in [0, 0.1) is 12.7 Å². The molecule has 1 fully saturated rings. The Kier molecular flexibility index (Phi) is 7.48. The molecule has 0 saturated carbocycles. The fraction of sp³-hybridized carbons (Fsp3) is 0.379. The van der Waals surface area contributed by atoms with Crippen molar-refractivity contribution < 1.29 is 14.0 Å². The average molecular weight is 506 g/mol. The second kappa shape index (κ2) is 10.9. The number of thiophene rings is 1. The Bertz CT molecular complexity index is 1230. The number of halogens is 1. The van der Waals surface area contributed by atoms with Crippen molar-refractivity contribution in [1.82, 2.24) is 14.7 Å².